The van der Waals surface area contributed by atoms with E-state index in [1.54, 1.807) is 24.6 Å². The van der Waals surface area contributed by atoms with E-state index in [9.17, 15) is 9.59 Å². The van der Waals surface area contributed by atoms with Crippen molar-refractivity contribution in [1.82, 2.24) is 5.32 Å². The molecule has 1 heterocycles. The number of amides is 2. The van der Waals surface area contributed by atoms with Gasteiger partial charge < -0.3 is 20.1 Å². The fourth-order valence-electron chi connectivity index (χ4n) is 2.56. The third-order valence-electron chi connectivity index (χ3n) is 4.25. The summed E-state index contributed by atoms with van der Waals surface area (Å²) in [6, 6.07) is 7.51. The summed E-state index contributed by atoms with van der Waals surface area (Å²) in [6.07, 6.45) is 5.17. The van der Waals surface area contributed by atoms with Crippen molar-refractivity contribution in [3.05, 3.63) is 46.8 Å². The van der Waals surface area contributed by atoms with Crippen molar-refractivity contribution in [2.45, 2.75) is 32.7 Å². The first-order valence-corrected chi connectivity index (χ1v) is 10.5. The first kappa shape index (κ1) is 20.9. The molecule has 1 aliphatic carbocycles. The number of carbonyl (C=O) groups excluding carboxylic acids is 2. The second-order valence-electron chi connectivity index (χ2n) is 7.35. The molecule has 29 heavy (non-hydrogen) atoms. The number of methoxy groups -OCH3 is 1. The average molecular weight is 415 g/mol. The van der Waals surface area contributed by atoms with Crippen molar-refractivity contribution >= 4 is 34.2 Å². The minimum Gasteiger partial charge on any atom is -0.493 e. The summed E-state index contributed by atoms with van der Waals surface area (Å²) in [6.45, 7) is 4.76. The third-order valence-corrected chi connectivity index (χ3v) is 5.08. The number of ether oxygens (including phenoxy) is 2. The van der Waals surface area contributed by atoms with Crippen LogP contribution in [0.15, 0.2) is 35.7 Å². The largest absolute Gasteiger partial charge is 0.493 e. The number of nitrogens with one attached hydrogen (secondary N) is 2. The van der Waals surface area contributed by atoms with Crippen molar-refractivity contribution in [3.63, 3.8) is 0 Å². The van der Waals surface area contributed by atoms with Gasteiger partial charge in [0.1, 0.15) is 5.00 Å². The Morgan fingerprint density at radius 2 is 2.03 bits per heavy atom. The van der Waals surface area contributed by atoms with Gasteiger partial charge in [-0.15, -0.1) is 11.3 Å². The summed E-state index contributed by atoms with van der Waals surface area (Å²) in [4.78, 5) is 24.5. The van der Waals surface area contributed by atoms with E-state index >= 15 is 0 Å². The van der Waals surface area contributed by atoms with Crippen molar-refractivity contribution in [1.29, 1.82) is 0 Å². The van der Waals surface area contributed by atoms with Gasteiger partial charge in [-0.3, -0.25) is 9.59 Å². The van der Waals surface area contributed by atoms with Crippen LogP contribution in [0.1, 0.15) is 42.6 Å². The molecule has 0 bridgehead atoms. The maximum Gasteiger partial charge on any atom is 0.254 e. The van der Waals surface area contributed by atoms with E-state index in [1.165, 1.54) is 17.4 Å². The molecule has 3 rings (SSSR count). The summed E-state index contributed by atoms with van der Waals surface area (Å²) in [5.41, 5.74) is 1.31. The zero-order chi connectivity index (χ0) is 20.8. The SMILES string of the molecule is COc1cc(/C=C/C(=O)Nc2sccc2C(=O)NC2CC2)ccc1OCC(C)C. The second kappa shape index (κ2) is 9.60. The fraction of sp³-hybridized carbons (Fsp3) is 0.364. The van der Waals surface area contributed by atoms with Gasteiger partial charge in [-0.05, 0) is 54.0 Å². The molecular formula is C22H26N2O4S. The topological polar surface area (TPSA) is 76.7 Å². The predicted molar refractivity (Wildman–Crippen MR) is 116 cm³/mol. The number of benzene rings is 1. The Morgan fingerprint density at radius 3 is 2.72 bits per heavy atom. The quantitative estimate of drug-likeness (QED) is 0.599. The van der Waals surface area contributed by atoms with Crippen LogP contribution in [0.3, 0.4) is 0 Å². The molecule has 154 valence electrons. The van der Waals surface area contributed by atoms with Gasteiger partial charge in [-0.1, -0.05) is 19.9 Å². The molecule has 2 amide bonds. The van der Waals surface area contributed by atoms with E-state index in [1.807, 2.05) is 18.2 Å². The van der Waals surface area contributed by atoms with Crippen molar-refractivity contribution in [2.24, 2.45) is 5.92 Å². The second-order valence-corrected chi connectivity index (χ2v) is 8.26. The van der Waals surface area contributed by atoms with Crippen LogP contribution in [0.4, 0.5) is 5.00 Å². The smallest absolute Gasteiger partial charge is 0.254 e. The zero-order valence-electron chi connectivity index (χ0n) is 16.9. The fourth-order valence-corrected chi connectivity index (χ4v) is 3.35. The van der Waals surface area contributed by atoms with Crippen LogP contribution in [0.25, 0.3) is 6.08 Å². The summed E-state index contributed by atoms with van der Waals surface area (Å²) in [5, 5.41) is 8.06. The highest BCUT2D eigenvalue weighted by atomic mass is 32.1. The van der Waals surface area contributed by atoms with E-state index in [0.717, 1.165) is 18.4 Å². The Balaban J connectivity index is 1.62. The van der Waals surface area contributed by atoms with Gasteiger partial charge >= 0.3 is 0 Å². The normalized spacial score (nSPS) is 13.5. The molecule has 0 aliphatic heterocycles. The number of anilines is 1. The molecule has 0 spiro atoms. The molecule has 1 aromatic heterocycles. The van der Waals surface area contributed by atoms with E-state index in [2.05, 4.69) is 24.5 Å². The Kier molecular flexibility index (Phi) is 6.93. The maximum atomic E-state index is 12.3. The van der Waals surface area contributed by atoms with E-state index in [4.69, 9.17) is 9.47 Å². The Bertz CT molecular complexity index is 900. The number of carbonyl (C=O) groups is 2. The lowest BCUT2D eigenvalue weighted by atomic mass is 10.2. The Labute approximate surface area is 174 Å². The van der Waals surface area contributed by atoms with Crippen LogP contribution >= 0.6 is 11.3 Å². The maximum absolute atomic E-state index is 12.3. The lowest BCUT2D eigenvalue weighted by Gasteiger charge is -2.12. The molecular weight excluding hydrogens is 388 g/mol. The van der Waals surface area contributed by atoms with Crippen LogP contribution < -0.4 is 20.1 Å². The van der Waals surface area contributed by atoms with Gasteiger partial charge in [-0.25, -0.2) is 0 Å². The third kappa shape index (κ3) is 6.09. The van der Waals surface area contributed by atoms with Crippen LogP contribution in [-0.2, 0) is 4.79 Å². The number of hydrogen-bond donors (Lipinski definition) is 2. The molecule has 1 aliphatic rings. The summed E-state index contributed by atoms with van der Waals surface area (Å²) in [7, 11) is 1.59. The average Bonchev–Trinajstić information content (AvgIpc) is 3.39. The molecule has 1 saturated carbocycles. The van der Waals surface area contributed by atoms with E-state index < -0.39 is 0 Å². The van der Waals surface area contributed by atoms with E-state index in [-0.39, 0.29) is 17.9 Å². The summed E-state index contributed by atoms with van der Waals surface area (Å²) in [5.74, 6) is 1.26. The summed E-state index contributed by atoms with van der Waals surface area (Å²) < 4.78 is 11.1. The monoisotopic (exact) mass is 414 g/mol. The predicted octanol–water partition coefficient (Wildman–Crippen LogP) is 4.34. The highest BCUT2D eigenvalue weighted by molar-refractivity contribution is 7.14. The van der Waals surface area contributed by atoms with Crippen molar-refractivity contribution in [3.8, 4) is 11.5 Å². The van der Waals surface area contributed by atoms with Gasteiger partial charge in [0.15, 0.2) is 11.5 Å². The molecule has 1 fully saturated rings. The Hall–Kier alpha value is -2.80. The van der Waals surface area contributed by atoms with Gasteiger partial charge in [0.2, 0.25) is 5.91 Å². The van der Waals surface area contributed by atoms with Crippen LogP contribution in [0.2, 0.25) is 0 Å². The molecule has 6 nitrogen and oxygen atoms in total. The highest BCUT2D eigenvalue weighted by Gasteiger charge is 2.25. The van der Waals surface area contributed by atoms with Crippen LogP contribution in [-0.4, -0.2) is 31.6 Å². The molecule has 1 aromatic carbocycles. The van der Waals surface area contributed by atoms with Gasteiger partial charge in [0.05, 0.1) is 19.3 Å². The molecule has 0 unspecified atom stereocenters. The molecule has 0 radical (unpaired) electrons. The number of rotatable bonds is 9. The van der Waals surface area contributed by atoms with Gasteiger partial charge in [0, 0.05) is 12.1 Å². The lowest BCUT2D eigenvalue weighted by molar-refractivity contribution is -0.111. The van der Waals surface area contributed by atoms with Crippen LogP contribution in [0.5, 0.6) is 11.5 Å². The van der Waals surface area contributed by atoms with Crippen LogP contribution in [0, 0.1) is 5.92 Å². The molecule has 0 saturated heterocycles. The van der Waals surface area contributed by atoms with E-state index in [0.29, 0.717) is 34.6 Å². The molecule has 2 aromatic rings. The minimum absolute atomic E-state index is 0.144. The number of thiophene rings is 1. The Morgan fingerprint density at radius 1 is 1.24 bits per heavy atom. The van der Waals surface area contributed by atoms with Crippen molar-refractivity contribution < 1.29 is 19.1 Å². The first-order valence-electron chi connectivity index (χ1n) is 9.64. The highest BCUT2D eigenvalue weighted by Crippen LogP contribution is 2.29. The van der Waals surface area contributed by atoms with Gasteiger partial charge in [-0.2, -0.15) is 0 Å². The molecule has 2 N–H and O–H groups in total. The minimum atomic E-state index is -0.299. The lowest BCUT2D eigenvalue weighted by Crippen LogP contribution is -2.26. The van der Waals surface area contributed by atoms with Crippen molar-refractivity contribution in [2.75, 3.05) is 19.0 Å². The first-order chi connectivity index (χ1) is 14.0. The molecule has 7 heteroatoms. The molecule has 0 atom stereocenters. The van der Waals surface area contributed by atoms with Gasteiger partial charge in [0.25, 0.3) is 5.91 Å². The number of hydrogen-bond acceptors (Lipinski definition) is 5. The summed E-state index contributed by atoms with van der Waals surface area (Å²) >= 11 is 1.33. The zero-order valence-corrected chi connectivity index (χ0v) is 17.7. The standard InChI is InChI=1S/C22H26N2O4S/c1-14(2)13-28-18-8-4-15(12-19(18)27-3)5-9-20(25)24-22-17(10-11-29-22)21(26)23-16-6-7-16/h4-5,8-12,14,16H,6-7,13H2,1-3H3,(H,23,26)(H,24,25)/b9-5+.